The Morgan fingerprint density at radius 1 is 0.436 bits per heavy atom. The van der Waals surface area contributed by atoms with Gasteiger partial charge in [-0.05, 0) is 64.2 Å². The Bertz CT molecular complexity index is 832. The van der Waals surface area contributed by atoms with E-state index in [2.05, 4.69) is 43.5 Å². The summed E-state index contributed by atoms with van der Waals surface area (Å²) in [5.41, 5.74) is 0. The van der Waals surface area contributed by atoms with Gasteiger partial charge in [0.1, 0.15) is 12.2 Å². The van der Waals surface area contributed by atoms with Crippen LogP contribution in [0.2, 0.25) is 0 Å². The van der Waals surface area contributed by atoms with E-state index >= 15 is 0 Å². The van der Waals surface area contributed by atoms with Crippen molar-refractivity contribution in [1.82, 2.24) is 5.32 Å². The van der Waals surface area contributed by atoms with E-state index in [9.17, 15) is 25.2 Å². The number of rotatable bonds is 44. The van der Waals surface area contributed by atoms with E-state index in [1.165, 1.54) is 180 Å². The van der Waals surface area contributed by atoms with Crippen LogP contribution in [0.1, 0.15) is 251 Å². The maximum Gasteiger partial charge on any atom is 0.249 e. The first-order valence-electron chi connectivity index (χ1n) is 24.2. The van der Waals surface area contributed by atoms with E-state index < -0.39 is 36.9 Å². The molecule has 5 N–H and O–H groups in total. The highest BCUT2D eigenvalue weighted by Crippen LogP contribution is 2.16. The second-order valence-corrected chi connectivity index (χ2v) is 16.8. The summed E-state index contributed by atoms with van der Waals surface area (Å²) in [5.74, 6) is -0.596. The number of aliphatic hydroxyl groups excluding tert-OH is 4. The molecule has 4 atom stereocenters. The molecule has 0 spiro atoms. The first kappa shape index (κ1) is 53.8. The summed E-state index contributed by atoms with van der Waals surface area (Å²) >= 11 is 0. The summed E-state index contributed by atoms with van der Waals surface area (Å²) < 4.78 is 0. The van der Waals surface area contributed by atoms with Crippen LogP contribution >= 0.6 is 0 Å². The molecule has 0 bridgehead atoms. The van der Waals surface area contributed by atoms with Gasteiger partial charge in [-0.1, -0.05) is 212 Å². The molecule has 326 valence electrons. The minimum Gasteiger partial charge on any atom is -0.394 e. The summed E-state index contributed by atoms with van der Waals surface area (Å²) in [7, 11) is 0. The van der Waals surface area contributed by atoms with Crippen LogP contribution in [-0.4, -0.2) is 57.3 Å². The quantitative estimate of drug-likeness (QED) is 0.0313. The van der Waals surface area contributed by atoms with Crippen molar-refractivity contribution < 1.29 is 25.2 Å². The maximum absolute atomic E-state index is 12.5. The lowest BCUT2D eigenvalue weighted by Gasteiger charge is -2.27. The molecular formula is C49H95NO5. The lowest BCUT2D eigenvalue weighted by molar-refractivity contribution is -0.132. The van der Waals surface area contributed by atoms with Crippen LogP contribution in [0, 0.1) is 0 Å². The zero-order valence-corrected chi connectivity index (χ0v) is 36.7. The molecule has 0 aromatic carbocycles. The van der Waals surface area contributed by atoms with Crippen molar-refractivity contribution in [2.75, 3.05) is 6.61 Å². The van der Waals surface area contributed by atoms with Gasteiger partial charge in [0.2, 0.25) is 5.91 Å². The number of carbonyl (C=O) groups is 1. The van der Waals surface area contributed by atoms with E-state index in [1.807, 2.05) is 0 Å². The number of allylic oxidation sites excluding steroid dienone is 4. The van der Waals surface area contributed by atoms with Crippen LogP contribution in [0.3, 0.4) is 0 Å². The van der Waals surface area contributed by atoms with Crippen molar-refractivity contribution in [2.45, 2.75) is 276 Å². The van der Waals surface area contributed by atoms with E-state index in [0.717, 1.165) is 44.9 Å². The van der Waals surface area contributed by atoms with Gasteiger partial charge in [0.25, 0.3) is 0 Å². The minimum atomic E-state index is -1.28. The first-order chi connectivity index (χ1) is 27.0. The van der Waals surface area contributed by atoms with Crippen LogP contribution < -0.4 is 5.32 Å². The second-order valence-electron chi connectivity index (χ2n) is 16.8. The third kappa shape index (κ3) is 38.1. The Kier molecular flexibility index (Phi) is 42.9. The van der Waals surface area contributed by atoms with Crippen LogP contribution in [0.5, 0.6) is 0 Å². The van der Waals surface area contributed by atoms with Gasteiger partial charge in [-0.3, -0.25) is 4.79 Å². The first-order valence-corrected chi connectivity index (χ1v) is 24.2. The maximum atomic E-state index is 12.5. The SMILES string of the molecule is CCCCCCCCCC/C=C\CCCCCCCCC(O)C(=O)NC(CO)C(O)C(O)CCC/C=C/CCCCCCCCCCCCCCCCCC. The molecule has 0 fully saturated rings. The highest BCUT2D eigenvalue weighted by Gasteiger charge is 2.28. The molecule has 0 aromatic heterocycles. The lowest BCUT2D eigenvalue weighted by Crippen LogP contribution is -2.53. The lowest BCUT2D eigenvalue weighted by atomic mass is 10.00. The molecule has 0 aliphatic rings. The molecule has 4 unspecified atom stereocenters. The van der Waals surface area contributed by atoms with Crippen molar-refractivity contribution >= 4 is 5.91 Å². The molecule has 0 heterocycles. The molecule has 1 amide bonds. The van der Waals surface area contributed by atoms with Crippen molar-refractivity contribution in [3.8, 4) is 0 Å². The summed E-state index contributed by atoms with van der Waals surface area (Å²) in [6.45, 7) is 4.05. The topological polar surface area (TPSA) is 110 Å². The van der Waals surface area contributed by atoms with Gasteiger partial charge in [-0.15, -0.1) is 0 Å². The smallest absolute Gasteiger partial charge is 0.249 e. The average Bonchev–Trinajstić information content (AvgIpc) is 3.19. The highest BCUT2D eigenvalue weighted by atomic mass is 16.3. The Balaban J connectivity index is 3.73. The normalized spacial score (nSPS) is 14.2. The van der Waals surface area contributed by atoms with Gasteiger partial charge in [-0.2, -0.15) is 0 Å². The molecule has 0 saturated carbocycles. The predicted molar refractivity (Wildman–Crippen MR) is 237 cm³/mol. The van der Waals surface area contributed by atoms with Gasteiger partial charge < -0.3 is 25.7 Å². The molecule has 0 saturated heterocycles. The number of nitrogens with one attached hydrogen (secondary N) is 1. The van der Waals surface area contributed by atoms with Crippen molar-refractivity contribution in [2.24, 2.45) is 0 Å². The molecule has 0 aliphatic carbocycles. The van der Waals surface area contributed by atoms with Gasteiger partial charge in [0.05, 0.1) is 18.8 Å². The van der Waals surface area contributed by atoms with E-state index in [0.29, 0.717) is 12.8 Å². The molecule has 6 nitrogen and oxygen atoms in total. The minimum absolute atomic E-state index is 0.357. The number of amides is 1. The Hall–Kier alpha value is -1.21. The Morgan fingerprint density at radius 3 is 1.09 bits per heavy atom. The molecule has 55 heavy (non-hydrogen) atoms. The number of hydrogen-bond acceptors (Lipinski definition) is 5. The fourth-order valence-electron chi connectivity index (χ4n) is 7.52. The Labute approximate surface area is 342 Å². The number of carbonyl (C=O) groups excluding carboxylic acids is 1. The van der Waals surface area contributed by atoms with E-state index in [4.69, 9.17) is 0 Å². The van der Waals surface area contributed by atoms with Gasteiger partial charge in [-0.25, -0.2) is 0 Å². The number of hydrogen-bond donors (Lipinski definition) is 5. The number of aliphatic hydroxyl groups is 4. The fraction of sp³-hybridized carbons (Fsp3) is 0.898. The average molecular weight is 778 g/mol. The summed E-state index contributed by atoms with van der Waals surface area (Å²) in [6.07, 6.45) is 50.8. The van der Waals surface area contributed by atoms with Crippen molar-refractivity contribution in [3.63, 3.8) is 0 Å². The standard InChI is InChI=1S/C49H95NO5/c1-3-5-7-9-11-13-15-17-19-21-23-24-25-27-28-30-32-34-36-38-40-42-46(52)48(54)45(44-51)50-49(55)47(53)43-41-39-37-35-33-31-29-26-22-20-18-16-14-12-10-8-6-4-2/h22,26,34,36,45-48,51-54H,3-21,23-25,27-33,35,37-44H2,1-2H3,(H,50,55)/b26-22-,36-34+. The molecule has 0 aliphatic heterocycles. The highest BCUT2D eigenvalue weighted by molar-refractivity contribution is 5.80. The monoisotopic (exact) mass is 778 g/mol. The van der Waals surface area contributed by atoms with Crippen molar-refractivity contribution in [1.29, 1.82) is 0 Å². The zero-order chi connectivity index (χ0) is 40.3. The molecule has 0 aromatic rings. The number of unbranched alkanes of at least 4 members (excludes halogenated alkanes) is 31. The third-order valence-corrected chi connectivity index (χ3v) is 11.4. The molecular weight excluding hydrogens is 683 g/mol. The van der Waals surface area contributed by atoms with Crippen LogP contribution in [0.25, 0.3) is 0 Å². The summed E-state index contributed by atoms with van der Waals surface area (Å²) in [4.78, 5) is 12.5. The van der Waals surface area contributed by atoms with Crippen LogP contribution in [-0.2, 0) is 4.79 Å². The van der Waals surface area contributed by atoms with Gasteiger partial charge in [0, 0.05) is 0 Å². The largest absolute Gasteiger partial charge is 0.394 e. The van der Waals surface area contributed by atoms with Gasteiger partial charge in [0.15, 0.2) is 0 Å². The predicted octanol–water partition coefficient (Wildman–Crippen LogP) is 13.1. The summed E-state index contributed by atoms with van der Waals surface area (Å²) in [5, 5.41) is 43.8. The van der Waals surface area contributed by atoms with Gasteiger partial charge >= 0.3 is 0 Å². The van der Waals surface area contributed by atoms with E-state index in [-0.39, 0.29) is 0 Å². The Morgan fingerprint density at radius 2 is 0.745 bits per heavy atom. The molecule has 0 radical (unpaired) electrons. The van der Waals surface area contributed by atoms with Crippen LogP contribution in [0.15, 0.2) is 24.3 Å². The molecule has 0 rings (SSSR count). The van der Waals surface area contributed by atoms with Crippen molar-refractivity contribution in [3.05, 3.63) is 24.3 Å². The zero-order valence-electron chi connectivity index (χ0n) is 36.7. The second kappa shape index (κ2) is 43.9. The molecule has 6 heteroatoms. The third-order valence-electron chi connectivity index (χ3n) is 11.4. The summed E-state index contributed by atoms with van der Waals surface area (Å²) in [6, 6.07) is -1.00. The van der Waals surface area contributed by atoms with E-state index in [1.54, 1.807) is 0 Å². The fourth-order valence-corrected chi connectivity index (χ4v) is 7.52. The van der Waals surface area contributed by atoms with Crippen LogP contribution in [0.4, 0.5) is 0 Å².